The summed E-state index contributed by atoms with van der Waals surface area (Å²) >= 11 is 6.12. The van der Waals surface area contributed by atoms with E-state index in [0.717, 1.165) is 11.3 Å². The van der Waals surface area contributed by atoms with E-state index in [1.54, 1.807) is 17.1 Å². The molecule has 0 unspecified atom stereocenters. The molecule has 0 saturated carbocycles. The molecule has 0 aliphatic heterocycles. The highest BCUT2D eigenvalue weighted by Crippen LogP contribution is 2.25. The maximum absolute atomic E-state index is 13.2. The summed E-state index contributed by atoms with van der Waals surface area (Å²) in [7, 11) is 2.02. The van der Waals surface area contributed by atoms with E-state index < -0.39 is 0 Å². The van der Waals surface area contributed by atoms with Gasteiger partial charge in [-0.15, -0.1) is 0 Å². The minimum absolute atomic E-state index is 0.191. The second-order valence-electron chi connectivity index (χ2n) is 5.76. The van der Waals surface area contributed by atoms with Gasteiger partial charge in [0.15, 0.2) is 0 Å². The molecular formula is C18H18ClFN4. The zero-order chi connectivity index (χ0) is 17.1. The van der Waals surface area contributed by atoms with Crippen LogP contribution in [-0.2, 0) is 6.54 Å². The smallest absolute Gasteiger partial charge is 0.138 e. The van der Waals surface area contributed by atoms with Gasteiger partial charge in [-0.3, -0.25) is 4.90 Å². The standard InChI is InChI=1S/C18H18ClFN4/c1-13(23(2)10-15-3-6-16(20)9-18(15)19)14-4-7-17(8-5-14)24-12-21-11-22-24/h3-9,11-13H,10H2,1-2H3/t13-/m0/s1. The molecule has 0 fully saturated rings. The quantitative estimate of drug-likeness (QED) is 0.693. The Morgan fingerprint density at radius 1 is 1.21 bits per heavy atom. The van der Waals surface area contributed by atoms with E-state index in [9.17, 15) is 4.39 Å². The molecule has 1 atom stereocenters. The maximum atomic E-state index is 13.2. The van der Waals surface area contributed by atoms with Crippen molar-refractivity contribution in [1.82, 2.24) is 19.7 Å². The van der Waals surface area contributed by atoms with E-state index in [0.29, 0.717) is 11.6 Å². The van der Waals surface area contributed by atoms with Gasteiger partial charge in [0.05, 0.1) is 5.69 Å². The molecule has 0 amide bonds. The molecule has 6 heteroatoms. The van der Waals surface area contributed by atoms with Gasteiger partial charge in [-0.25, -0.2) is 14.1 Å². The molecule has 0 N–H and O–H groups in total. The molecule has 124 valence electrons. The van der Waals surface area contributed by atoms with Crippen LogP contribution in [0.4, 0.5) is 4.39 Å². The number of benzene rings is 2. The molecule has 1 aromatic heterocycles. The van der Waals surface area contributed by atoms with Gasteiger partial charge in [0.1, 0.15) is 18.5 Å². The number of aromatic nitrogens is 3. The highest BCUT2D eigenvalue weighted by Gasteiger charge is 2.14. The van der Waals surface area contributed by atoms with Crippen LogP contribution in [-0.4, -0.2) is 26.7 Å². The van der Waals surface area contributed by atoms with Crippen molar-refractivity contribution in [3.63, 3.8) is 0 Å². The van der Waals surface area contributed by atoms with Crippen molar-refractivity contribution in [2.75, 3.05) is 7.05 Å². The number of hydrogen-bond acceptors (Lipinski definition) is 3. The third kappa shape index (κ3) is 3.63. The first-order valence-electron chi connectivity index (χ1n) is 7.63. The van der Waals surface area contributed by atoms with Gasteiger partial charge in [-0.1, -0.05) is 29.8 Å². The lowest BCUT2D eigenvalue weighted by molar-refractivity contribution is 0.253. The van der Waals surface area contributed by atoms with Crippen LogP contribution in [0, 0.1) is 5.82 Å². The van der Waals surface area contributed by atoms with Crippen molar-refractivity contribution in [1.29, 1.82) is 0 Å². The molecule has 4 nitrogen and oxygen atoms in total. The van der Waals surface area contributed by atoms with Gasteiger partial charge in [-0.05, 0) is 49.4 Å². The summed E-state index contributed by atoms with van der Waals surface area (Å²) in [6, 6.07) is 12.9. The fraction of sp³-hybridized carbons (Fsp3) is 0.222. The van der Waals surface area contributed by atoms with Crippen molar-refractivity contribution in [2.24, 2.45) is 0 Å². The summed E-state index contributed by atoms with van der Waals surface area (Å²) in [5.41, 5.74) is 3.05. The minimum atomic E-state index is -0.317. The predicted octanol–water partition coefficient (Wildman–Crippen LogP) is 4.25. The Morgan fingerprint density at radius 3 is 2.58 bits per heavy atom. The molecule has 24 heavy (non-hydrogen) atoms. The Bertz CT molecular complexity index is 802. The lowest BCUT2D eigenvalue weighted by Crippen LogP contribution is -2.22. The normalized spacial score (nSPS) is 12.5. The third-order valence-corrected chi connectivity index (χ3v) is 4.51. The average molecular weight is 345 g/mol. The molecule has 0 spiro atoms. The second-order valence-corrected chi connectivity index (χ2v) is 6.17. The Kier molecular flexibility index (Phi) is 4.92. The van der Waals surface area contributed by atoms with Crippen LogP contribution >= 0.6 is 11.6 Å². The summed E-state index contributed by atoms with van der Waals surface area (Å²) < 4.78 is 14.9. The van der Waals surface area contributed by atoms with E-state index >= 15 is 0 Å². The first-order valence-corrected chi connectivity index (χ1v) is 8.01. The highest BCUT2D eigenvalue weighted by molar-refractivity contribution is 6.31. The van der Waals surface area contributed by atoms with Gasteiger partial charge in [0.2, 0.25) is 0 Å². The molecule has 0 saturated heterocycles. The number of rotatable bonds is 5. The topological polar surface area (TPSA) is 34.0 Å². The molecule has 2 aromatic carbocycles. The van der Waals surface area contributed by atoms with Gasteiger partial charge in [0.25, 0.3) is 0 Å². The first-order chi connectivity index (χ1) is 11.5. The van der Waals surface area contributed by atoms with Crippen LogP contribution in [0.25, 0.3) is 5.69 Å². The molecule has 0 radical (unpaired) electrons. The van der Waals surface area contributed by atoms with Gasteiger partial charge in [-0.2, -0.15) is 5.10 Å². The molecule has 3 rings (SSSR count). The Hall–Kier alpha value is -2.24. The molecule has 0 aliphatic rings. The van der Waals surface area contributed by atoms with Crippen molar-refractivity contribution in [2.45, 2.75) is 19.5 Å². The Morgan fingerprint density at radius 2 is 1.96 bits per heavy atom. The van der Waals surface area contributed by atoms with Crippen LogP contribution in [0.2, 0.25) is 5.02 Å². The zero-order valence-electron chi connectivity index (χ0n) is 13.5. The fourth-order valence-electron chi connectivity index (χ4n) is 2.56. The zero-order valence-corrected chi connectivity index (χ0v) is 14.3. The maximum Gasteiger partial charge on any atom is 0.138 e. The second kappa shape index (κ2) is 7.11. The summed E-state index contributed by atoms with van der Waals surface area (Å²) in [6.07, 6.45) is 3.18. The first kappa shape index (κ1) is 16.6. The fourth-order valence-corrected chi connectivity index (χ4v) is 2.78. The van der Waals surface area contributed by atoms with E-state index in [1.165, 1.54) is 24.0 Å². The molecule has 0 aliphatic carbocycles. The molecule has 1 heterocycles. The largest absolute Gasteiger partial charge is 0.295 e. The summed E-state index contributed by atoms with van der Waals surface area (Å²) in [6.45, 7) is 2.77. The molecular weight excluding hydrogens is 327 g/mol. The van der Waals surface area contributed by atoms with Crippen molar-refractivity contribution < 1.29 is 4.39 Å². The van der Waals surface area contributed by atoms with Crippen LogP contribution in [0.3, 0.4) is 0 Å². The summed E-state index contributed by atoms with van der Waals surface area (Å²) in [4.78, 5) is 6.12. The Labute approximate surface area is 145 Å². The van der Waals surface area contributed by atoms with Crippen LogP contribution in [0.5, 0.6) is 0 Å². The van der Waals surface area contributed by atoms with E-state index in [-0.39, 0.29) is 11.9 Å². The molecule has 0 bridgehead atoms. The number of halogens is 2. The number of nitrogens with zero attached hydrogens (tertiary/aromatic N) is 4. The molecule has 3 aromatic rings. The van der Waals surface area contributed by atoms with E-state index in [2.05, 4.69) is 34.0 Å². The van der Waals surface area contributed by atoms with E-state index in [1.807, 2.05) is 19.2 Å². The van der Waals surface area contributed by atoms with Gasteiger partial charge >= 0.3 is 0 Å². The van der Waals surface area contributed by atoms with Crippen molar-refractivity contribution in [3.8, 4) is 5.69 Å². The van der Waals surface area contributed by atoms with Crippen LogP contribution in [0.15, 0.2) is 55.1 Å². The lowest BCUT2D eigenvalue weighted by atomic mass is 10.1. The van der Waals surface area contributed by atoms with Crippen LogP contribution < -0.4 is 0 Å². The predicted molar refractivity (Wildman–Crippen MR) is 92.7 cm³/mol. The monoisotopic (exact) mass is 344 g/mol. The lowest BCUT2D eigenvalue weighted by Gasteiger charge is -2.25. The minimum Gasteiger partial charge on any atom is -0.295 e. The van der Waals surface area contributed by atoms with Gasteiger partial charge in [0, 0.05) is 17.6 Å². The highest BCUT2D eigenvalue weighted by atomic mass is 35.5. The SMILES string of the molecule is C[C@@H](c1ccc(-n2cncn2)cc1)N(C)Cc1ccc(F)cc1Cl. The summed E-state index contributed by atoms with van der Waals surface area (Å²) in [5.74, 6) is -0.317. The van der Waals surface area contributed by atoms with Crippen molar-refractivity contribution >= 4 is 11.6 Å². The average Bonchev–Trinajstić information content (AvgIpc) is 3.11. The Balaban J connectivity index is 1.72. The van der Waals surface area contributed by atoms with Gasteiger partial charge < -0.3 is 0 Å². The van der Waals surface area contributed by atoms with E-state index in [4.69, 9.17) is 11.6 Å². The van der Waals surface area contributed by atoms with Crippen molar-refractivity contribution in [3.05, 3.63) is 77.1 Å². The summed E-state index contributed by atoms with van der Waals surface area (Å²) in [5, 5.41) is 4.57. The third-order valence-electron chi connectivity index (χ3n) is 4.15. The number of hydrogen-bond donors (Lipinski definition) is 0. The van der Waals surface area contributed by atoms with Crippen LogP contribution in [0.1, 0.15) is 24.1 Å².